The van der Waals surface area contributed by atoms with Crippen LogP contribution in [0.1, 0.15) is 55.9 Å². The molecule has 7 nitrogen and oxygen atoms in total. The maximum atomic E-state index is 13.0. The van der Waals surface area contributed by atoms with Crippen LogP contribution >= 0.6 is 11.3 Å². The first-order chi connectivity index (χ1) is 17.8. The minimum absolute atomic E-state index is 0.0146. The summed E-state index contributed by atoms with van der Waals surface area (Å²) in [5.74, 6) is 1.89. The van der Waals surface area contributed by atoms with E-state index in [0.717, 1.165) is 49.3 Å². The van der Waals surface area contributed by atoms with Gasteiger partial charge in [0.05, 0.1) is 11.7 Å². The molecule has 2 fully saturated rings. The number of nitrogens with zero attached hydrogens (tertiary/aromatic N) is 4. The molecule has 1 saturated carbocycles. The van der Waals surface area contributed by atoms with E-state index in [1.165, 1.54) is 4.88 Å². The number of nitrogens with one attached hydrogen (secondary N) is 1. The molecule has 3 aliphatic rings. The van der Waals surface area contributed by atoms with Crippen molar-refractivity contribution >= 4 is 17.4 Å². The van der Waals surface area contributed by atoms with Gasteiger partial charge in [0.25, 0.3) is 0 Å². The number of carbonyl (C=O) groups is 1. The Morgan fingerprint density at radius 2 is 2.11 bits per heavy atom. The Bertz CT molecular complexity index is 1200. The largest absolute Gasteiger partial charge is 0.490 e. The van der Waals surface area contributed by atoms with E-state index >= 15 is 0 Å². The fourth-order valence-electron chi connectivity index (χ4n) is 6.17. The zero-order valence-electron chi connectivity index (χ0n) is 22.2. The van der Waals surface area contributed by atoms with E-state index in [1.54, 1.807) is 11.3 Å². The molecule has 1 aromatic heterocycles. The summed E-state index contributed by atoms with van der Waals surface area (Å²) >= 11 is 1.71. The number of amides is 2. The lowest BCUT2D eigenvalue weighted by molar-refractivity contribution is 0.193. The van der Waals surface area contributed by atoms with Gasteiger partial charge in [0.1, 0.15) is 16.8 Å². The molecule has 8 heteroatoms. The zero-order chi connectivity index (χ0) is 26.1. The maximum absolute atomic E-state index is 13.0. The lowest BCUT2D eigenvalue weighted by atomic mass is 9.76. The molecule has 2 aliphatic carbocycles. The van der Waals surface area contributed by atoms with Crippen LogP contribution in [0.3, 0.4) is 0 Å². The molecule has 5 rings (SSSR count). The molecule has 1 aromatic carbocycles. The smallest absolute Gasteiger partial charge is 0.317 e. The van der Waals surface area contributed by atoms with Crippen molar-refractivity contribution in [3.63, 3.8) is 0 Å². The third-order valence-corrected chi connectivity index (χ3v) is 9.29. The number of likely N-dealkylation sites (N-methyl/N-ethyl adjacent to an activating group) is 1. The van der Waals surface area contributed by atoms with Crippen LogP contribution in [0.2, 0.25) is 0 Å². The van der Waals surface area contributed by atoms with Gasteiger partial charge >= 0.3 is 6.03 Å². The molecule has 196 valence electrons. The normalized spacial score (nSPS) is 26.9. The third kappa shape index (κ3) is 5.39. The Labute approximate surface area is 224 Å². The van der Waals surface area contributed by atoms with Crippen molar-refractivity contribution in [3.8, 4) is 22.4 Å². The Hall–Kier alpha value is -2.89. The zero-order valence-corrected chi connectivity index (χ0v) is 23.0. The molecule has 4 unspecified atom stereocenters. The number of likely N-dealkylation sites (tertiary alicyclic amines) is 1. The summed E-state index contributed by atoms with van der Waals surface area (Å²) in [5.41, 5.74) is 1.48. The summed E-state index contributed by atoms with van der Waals surface area (Å²) in [6, 6.07) is 8.77. The van der Waals surface area contributed by atoms with Gasteiger partial charge in [-0.3, -0.25) is 0 Å². The van der Waals surface area contributed by atoms with E-state index in [9.17, 15) is 10.1 Å². The maximum Gasteiger partial charge on any atom is 0.317 e. The summed E-state index contributed by atoms with van der Waals surface area (Å²) in [5, 5.41) is 13.9. The topological polar surface area (TPSA) is 81.5 Å². The number of carbonyl (C=O) groups excluding carboxylic acids is 1. The third-order valence-electron chi connectivity index (χ3n) is 8.14. The Kier molecular flexibility index (Phi) is 7.55. The van der Waals surface area contributed by atoms with E-state index in [4.69, 9.17) is 9.72 Å². The van der Waals surface area contributed by atoms with Crippen LogP contribution < -0.4 is 10.1 Å². The molecule has 37 heavy (non-hydrogen) atoms. The van der Waals surface area contributed by atoms with Crippen molar-refractivity contribution in [3.05, 3.63) is 47.0 Å². The second-order valence-corrected chi connectivity index (χ2v) is 12.1. The average molecular weight is 520 g/mol. The van der Waals surface area contributed by atoms with Gasteiger partial charge in [0.15, 0.2) is 0 Å². The molecule has 0 bridgehead atoms. The van der Waals surface area contributed by atoms with Crippen molar-refractivity contribution in [1.82, 2.24) is 20.1 Å². The van der Waals surface area contributed by atoms with Gasteiger partial charge in [-0.2, -0.15) is 5.26 Å². The van der Waals surface area contributed by atoms with Crippen molar-refractivity contribution in [2.75, 3.05) is 27.2 Å². The fourth-order valence-corrected chi connectivity index (χ4v) is 7.24. The second kappa shape index (κ2) is 10.8. The number of fused-ring (bicyclic) bond motifs is 1. The Morgan fingerprint density at radius 3 is 2.84 bits per heavy atom. The van der Waals surface area contributed by atoms with E-state index in [2.05, 4.69) is 42.5 Å². The highest BCUT2D eigenvalue weighted by Gasteiger charge is 2.43. The summed E-state index contributed by atoms with van der Waals surface area (Å²) in [6.45, 7) is 5.56. The van der Waals surface area contributed by atoms with Gasteiger partial charge in [0.2, 0.25) is 0 Å². The molecule has 0 spiro atoms. The van der Waals surface area contributed by atoms with Gasteiger partial charge in [-0.05, 0) is 83.7 Å². The van der Waals surface area contributed by atoms with Crippen molar-refractivity contribution in [1.29, 1.82) is 5.26 Å². The number of thiazole rings is 1. The van der Waals surface area contributed by atoms with Crippen molar-refractivity contribution < 1.29 is 9.53 Å². The van der Waals surface area contributed by atoms with Gasteiger partial charge < -0.3 is 19.9 Å². The molecule has 5 atom stereocenters. The minimum atomic E-state index is 0.0146. The van der Waals surface area contributed by atoms with Crippen LogP contribution in [0.25, 0.3) is 10.6 Å². The monoisotopic (exact) mass is 519 g/mol. The molecular formula is C29H37N5O2S. The second-order valence-electron chi connectivity index (χ2n) is 11.1. The molecule has 2 amide bonds. The number of urea groups is 1. The molecule has 1 aliphatic heterocycles. The number of aromatic nitrogens is 1. The van der Waals surface area contributed by atoms with Crippen LogP contribution in [-0.2, 0) is 0 Å². The molecular weight excluding hydrogens is 482 g/mol. The van der Waals surface area contributed by atoms with Crippen molar-refractivity contribution in [2.24, 2.45) is 11.8 Å². The number of ether oxygens (including phenoxy) is 1. The molecule has 0 radical (unpaired) electrons. The highest BCUT2D eigenvalue weighted by Crippen LogP contribution is 2.48. The van der Waals surface area contributed by atoms with E-state index in [0.29, 0.717) is 35.1 Å². The van der Waals surface area contributed by atoms with E-state index in [-0.39, 0.29) is 18.2 Å². The molecule has 2 heterocycles. The number of hydrogen-bond donors (Lipinski definition) is 1. The van der Waals surface area contributed by atoms with E-state index in [1.807, 2.05) is 43.1 Å². The lowest BCUT2D eigenvalue weighted by Gasteiger charge is -2.32. The highest BCUT2D eigenvalue weighted by molar-refractivity contribution is 7.15. The van der Waals surface area contributed by atoms with Crippen LogP contribution in [0.15, 0.2) is 36.5 Å². The predicted octanol–water partition coefficient (Wildman–Crippen LogP) is 5.25. The first kappa shape index (κ1) is 25.7. The standard InChI is InChI=1S/C29H37N5O2S/c1-18(2)36-26-11-8-19(14-20(26)15-30)28-31-16-27(37-28)24-7-5-6-23-22(24)9-10-25(23)32-29(35)34-13-12-21(17-34)33(3)4/h5,7-8,11,14,16,18,21-25H,6,9-10,12-13,17H2,1-4H3,(H,32,35)/t21-,22?,23?,24?,25?/m1/s1. The minimum Gasteiger partial charge on any atom is -0.490 e. The summed E-state index contributed by atoms with van der Waals surface area (Å²) in [4.78, 5) is 23.2. The summed E-state index contributed by atoms with van der Waals surface area (Å²) < 4.78 is 5.78. The van der Waals surface area contributed by atoms with Crippen LogP contribution in [0.4, 0.5) is 4.79 Å². The SMILES string of the molecule is CC(C)Oc1ccc(-c2ncc(C3C=CCC4C(NC(=O)N5CC[C@@H](N(C)C)C5)CCC34)s2)cc1C#N. The Morgan fingerprint density at radius 1 is 1.27 bits per heavy atom. The fraction of sp³-hybridized carbons (Fsp3) is 0.552. The van der Waals surface area contributed by atoms with Crippen molar-refractivity contribution in [2.45, 2.75) is 63.6 Å². The van der Waals surface area contributed by atoms with Crippen LogP contribution in [0.5, 0.6) is 5.75 Å². The number of allylic oxidation sites excluding steroid dienone is 2. The highest BCUT2D eigenvalue weighted by atomic mass is 32.1. The van der Waals surface area contributed by atoms with Gasteiger partial charge in [-0.1, -0.05) is 12.2 Å². The predicted molar refractivity (Wildman–Crippen MR) is 147 cm³/mol. The lowest BCUT2D eigenvalue weighted by Crippen LogP contribution is -2.47. The number of nitriles is 1. The molecule has 1 N–H and O–H groups in total. The molecule has 2 aromatic rings. The van der Waals surface area contributed by atoms with Gasteiger partial charge in [-0.15, -0.1) is 11.3 Å². The quantitative estimate of drug-likeness (QED) is 0.527. The summed E-state index contributed by atoms with van der Waals surface area (Å²) in [6.07, 6.45) is 10.8. The average Bonchev–Trinajstić information content (AvgIpc) is 3.64. The van der Waals surface area contributed by atoms with Crippen LogP contribution in [-0.4, -0.2) is 66.2 Å². The summed E-state index contributed by atoms with van der Waals surface area (Å²) in [7, 11) is 4.18. The molecule has 1 saturated heterocycles. The van der Waals surface area contributed by atoms with Crippen LogP contribution in [0, 0.1) is 23.2 Å². The van der Waals surface area contributed by atoms with Gasteiger partial charge in [0, 0.05) is 47.7 Å². The van der Waals surface area contributed by atoms with Gasteiger partial charge in [-0.25, -0.2) is 9.78 Å². The first-order valence-corrected chi connectivity index (χ1v) is 14.2. The number of benzene rings is 1. The number of rotatable bonds is 6. The number of hydrogen-bond acceptors (Lipinski definition) is 6. The van der Waals surface area contributed by atoms with E-state index < -0.39 is 0 Å². The first-order valence-electron chi connectivity index (χ1n) is 13.4. The Balaban J connectivity index is 1.26.